The lowest BCUT2D eigenvalue weighted by atomic mass is 10.0. The molecule has 134 valence electrons. The zero-order chi connectivity index (χ0) is 17.3. The van der Waals surface area contributed by atoms with E-state index in [1.54, 1.807) is 4.68 Å². The Bertz CT molecular complexity index is 602. The second-order valence-corrected chi connectivity index (χ2v) is 7.23. The topological polar surface area (TPSA) is 50.6 Å². The van der Waals surface area contributed by atoms with E-state index in [-0.39, 0.29) is 12.5 Å². The summed E-state index contributed by atoms with van der Waals surface area (Å²) in [5.41, 5.74) is 1.63. The molecule has 0 bridgehead atoms. The van der Waals surface area contributed by atoms with E-state index in [4.69, 9.17) is 16.3 Å². The Labute approximate surface area is 148 Å². The lowest BCUT2D eigenvalue weighted by Gasteiger charge is -2.48. The lowest BCUT2D eigenvalue weighted by molar-refractivity contribution is -0.140. The third kappa shape index (κ3) is 3.46. The fourth-order valence-electron chi connectivity index (χ4n) is 3.80. The number of morpholine rings is 1. The van der Waals surface area contributed by atoms with Crippen LogP contribution in [0, 0.1) is 13.8 Å². The van der Waals surface area contributed by atoms with Crippen LogP contribution in [-0.4, -0.2) is 70.4 Å². The van der Waals surface area contributed by atoms with Gasteiger partial charge in [0, 0.05) is 25.7 Å². The van der Waals surface area contributed by atoms with Crippen LogP contribution < -0.4 is 0 Å². The first kappa shape index (κ1) is 17.7. The first-order valence-corrected chi connectivity index (χ1v) is 9.19. The molecule has 2 aliphatic heterocycles. The van der Waals surface area contributed by atoms with Crippen molar-refractivity contribution in [3.63, 3.8) is 0 Å². The van der Waals surface area contributed by atoms with Gasteiger partial charge >= 0.3 is 0 Å². The van der Waals surface area contributed by atoms with Crippen LogP contribution in [0.15, 0.2) is 0 Å². The number of hydrogen-bond donors (Lipinski definition) is 0. The number of rotatable bonds is 4. The maximum absolute atomic E-state index is 12.7. The Balaban J connectivity index is 1.62. The van der Waals surface area contributed by atoms with Gasteiger partial charge in [-0.3, -0.25) is 14.4 Å². The van der Waals surface area contributed by atoms with Gasteiger partial charge in [0.1, 0.15) is 6.54 Å². The molecule has 6 nitrogen and oxygen atoms in total. The van der Waals surface area contributed by atoms with Crippen LogP contribution in [0.2, 0.25) is 5.02 Å². The third-order valence-electron chi connectivity index (χ3n) is 5.17. The number of hydrogen-bond acceptors (Lipinski definition) is 4. The first-order chi connectivity index (χ1) is 11.5. The monoisotopic (exact) mass is 354 g/mol. The molecule has 0 aliphatic carbocycles. The minimum atomic E-state index is 0.106. The van der Waals surface area contributed by atoms with E-state index in [1.165, 1.54) is 6.42 Å². The number of halogens is 1. The zero-order valence-corrected chi connectivity index (χ0v) is 15.6. The quantitative estimate of drug-likeness (QED) is 0.828. The van der Waals surface area contributed by atoms with Gasteiger partial charge in [0.25, 0.3) is 0 Å². The molecule has 24 heavy (non-hydrogen) atoms. The summed E-state index contributed by atoms with van der Waals surface area (Å²) < 4.78 is 7.49. The molecule has 0 radical (unpaired) electrons. The number of ether oxygens (including phenoxy) is 1. The van der Waals surface area contributed by atoms with Gasteiger partial charge in [-0.25, -0.2) is 0 Å². The van der Waals surface area contributed by atoms with Crippen LogP contribution >= 0.6 is 11.6 Å². The Hall–Kier alpha value is -1.11. The van der Waals surface area contributed by atoms with Crippen LogP contribution in [0.25, 0.3) is 0 Å². The van der Waals surface area contributed by atoms with E-state index < -0.39 is 0 Å². The van der Waals surface area contributed by atoms with Gasteiger partial charge in [-0.2, -0.15) is 5.10 Å². The van der Waals surface area contributed by atoms with Crippen molar-refractivity contribution in [2.45, 2.75) is 52.2 Å². The van der Waals surface area contributed by atoms with Crippen LogP contribution in [0.4, 0.5) is 0 Å². The molecule has 0 saturated carbocycles. The van der Waals surface area contributed by atoms with Gasteiger partial charge in [-0.15, -0.1) is 0 Å². The van der Waals surface area contributed by atoms with Crippen LogP contribution in [-0.2, 0) is 16.1 Å². The highest BCUT2D eigenvalue weighted by molar-refractivity contribution is 6.31. The van der Waals surface area contributed by atoms with E-state index in [9.17, 15) is 4.79 Å². The molecule has 1 amide bonds. The summed E-state index contributed by atoms with van der Waals surface area (Å²) >= 11 is 6.17. The number of carbonyl (C=O) groups is 1. The fourth-order valence-corrected chi connectivity index (χ4v) is 3.94. The lowest BCUT2D eigenvalue weighted by Crippen LogP contribution is -2.62. The predicted molar refractivity (Wildman–Crippen MR) is 93.3 cm³/mol. The number of piperazine rings is 1. The summed E-state index contributed by atoms with van der Waals surface area (Å²) in [6.45, 7) is 10.2. The summed E-state index contributed by atoms with van der Waals surface area (Å²) in [6.07, 6.45) is 2.33. The maximum Gasteiger partial charge on any atom is 0.244 e. The molecular weight excluding hydrogens is 328 g/mol. The SMILES string of the molecule is CCC[C@H]1COC[C@H]2CN(C(=O)Cn3nc(C)c(Cl)c3C)CCN12. The average Bonchev–Trinajstić information content (AvgIpc) is 2.82. The number of carbonyl (C=O) groups excluding carboxylic acids is 1. The van der Waals surface area contributed by atoms with Crippen LogP contribution in [0.3, 0.4) is 0 Å². The van der Waals surface area contributed by atoms with E-state index in [0.717, 1.165) is 50.7 Å². The molecule has 2 saturated heterocycles. The Morgan fingerprint density at radius 3 is 2.79 bits per heavy atom. The van der Waals surface area contributed by atoms with Crippen LogP contribution in [0.1, 0.15) is 31.2 Å². The Morgan fingerprint density at radius 2 is 2.12 bits per heavy atom. The summed E-state index contributed by atoms with van der Waals surface area (Å²) in [7, 11) is 0. The third-order valence-corrected chi connectivity index (χ3v) is 5.72. The van der Waals surface area contributed by atoms with Gasteiger partial charge in [0.15, 0.2) is 0 Å². The molecule has 0 spiro atoms. The highest BCUT2D eigenvalue weighted by atomic mass is 35.5. The zero-order valence-electron chi connectivity index (χ0n) is 14.8. The standard InChI is InChI=1S/C17H27ClN4O2/c1-4-5-14-10-24-11-15-8-20(6-7-21(14)15)16(23)9-22-13(3)17(18)12(2)19-22/h14-15H,4-11H2,1-3H3/t14-,15+/m0/s1. The Kier molecular flexibility index (Phi) is 5.47. The van der Waals surface area contributed by atoms with Crippen molar-refractivity contribution in [2.24, 2.45) is 0 Å². The van der Waals surface area contributed by atoms with Gasteiger partial charge in [-0.05, 0) is 20.3 Å². The van der Waals surface area contributed by atoms with Crippen molar-refractivity contribution in [3.05, 3.63) is 16.4 Å². The number of aromatic nitrogens is 2. The normalized spacial score (nSPS) is 24.9. The average molecular weight is 355 g/mol. The van der Waals surface area contributed by atoms with Crippen molar-refractivity contribution >= 4 is 17.5 Å². The van der Waals surface area contributed by atoms with Gasteiger partial charge in [0.2, 0.25) is 5.91 Å². The van der Waals surface area contributed by atoms with Crippen molar-refractivity contribution in [1.29, 1.82) is 0 Å². The maximum atomic E-state index is 12.7. The minimum absolute atomic E-state index is 0.106. The summed E-state index contributed by atoms with van der Waals surface area (Å²) in [4.78, 5) is 17.2. The number of fused-ring (bicyclic) bond motifs is 1. The Morgan fingerprint density at radius 1 is 1.33 bits per heavy atom. The van der Waals surface area contributed by atoms with Gasteiger partial charge < -0.3 is 9.64 Å². The number of amides is 1. The van der Waals surface area contributed by atoms with E-state index in [2.05, 4.69) is 16.9 Å². The molecule has 0 unspecified atom stereocenters. The van der Waals surface area contributed by atoms with E-state index in [1.807, 2.05) is 18.7 Å². The summed E-state index contributed by atoms with van der Waals surface area (Å²) in [5, 5.41) is 5.01. The molecule has 2 fully saturated rings. The van der Waals surface area contributed by atoms with Gasteiger partial charge in [0.05, 0.1) is 35.7 Å². The molecule has 0 N–H and O–H groups in total. The first-order valence-electron chi connectivity index (χ1n) is 8.82. The highest BCUT2D eigenvalue weighted by Crippen LogP contribution is 2.22. The molecule has 1 aromatic rings. The van der Waals surface area contributed by atoms with Crippen LogP contribution in [0.5, 0.6) is 0 Å². The molecule has 3 rings (SSSR count). The second kappa shape index (κ2) is 7.42. The molecule has 2 atom stereocenters. The van der Waals surface area contributed by atoms with E-state index in [0.29, 0.717) is 17.1 Å². The largest absolute Gasteiger partial charge is 0.378 e. The highest BCUT2D eigenvalue weighted by Gasteiger charge is 2.36. The van der Waals surface area contributed by atoms with Gasteiger partial charge in [-0.1, -0.05) is 24.9 Å². The molecule has 7 heteroatoms. The summed E-state index contributed by atoms with van der Waals surface area (Å²) in [6, 6.07) is 0.817. The second-order valence-electron chi connectivity index (χ2n) is 6.85. The number of aryl methyl sites for hydroxylation is 1. The smallest absolute Gasteiger partial charge is 0.244 e. The molecule has 0 aromatic carbocycles. The summed E-state index contributed by atoms with van der Waals surface area (Å²) in [5.74, 6) is 0.106. The van der Waals surface area contributed by atoms with Crippen molar-refractivity contribution in [2.75, 3.05) is 32.8 Å². The molecule has 3 heterocycles. The predicted octanol–water partition coefficient (Wildman–Crippen LogP) is 1.87. The van der Waals surface area contributed by atoms with E-state index >= 15 is 0 Å². The molecule has 1 aromatic heterocycles. The number of nitrogens with zero attached hydrogens (tertiary/aromatic N) is 4. The minimum Gasteiger partial charge on any atom is -0.378 e. The van der Waals surface area contributed by atoms with Crippen molar-refractivity contribution in [1.82, 2.24) is 19.6 Å². The molecular formula is C17H27ClN4O2. The fraction of sp³-hybridized carbons (Fsp3) is 0.765. The van der Waals surface area contributed by atoms with Crippen molar-refractivity contribution < 1.29 is 9.53 Å². The molecule has 2 aliphatic rings. The van der Waals surface area contributed by atoms with Crippen molar-refractivity contribution in [3.8, 4) is 0 Å².